The van der Waals surface area contributed by atoms with Crippen LogP contribution < -0.4 is 4.74 Å². The molecule has 2 aliphatic heterocycles. The standard InChI is InChI=1S/C59H60N4O.Pt/c1-37(2)51-33-57(60-34-53(51)42-18-22-44(23-19-42)58(5,6)7)63-54-29-24-45(59(8,9)10)30-52(54)50-28-27-49(32-55(50)63)64-48-13-11-12-47(31-48)61-35-56-43-17-16-40-14-15-41(39(4)38(40)3)20-25-46(26-21-43)62(56)36-61;/h11-15,18-19,21-24,26-35,37H,16-17,20,25H2,1-10H3;. The van der Waals surface area contributed by atoms with Crippen LogP contribution in [0.4, 0.5) is 0 Å². The summed E-state index contributed by atoms with van der Waals surface area (Å²) in [5.41, 5.74) is 19.4. The Kier molecular flexibility index (Phi) is 10.8. The van der Waals surface area contributed by atoms with Crippen LogP contribution in [0.5, 0.6) is 11.5 Å². The van der Waals surface area contributed by atoms with Gasteiger partial charge in [-0.2, -0.15) is 0 Å². The summed E-state index contributed by atoms with van der Waals surface area (Å²) in [6, 6.07) is 42.8. The number of ether oxygens (including phenoxy) is 1. The number of hydrogen-bond donors (Lipinski definition) is 0. The van der Waals surface area contributed by atoms with Crippen LogP contribution in [0.3, 0.4) is 0 Å². The Hall–Kier alpha value is -5.77. The van der Waals surface area contributed by atoms with Crippen molar-refractivity contribution in [1.82, 2.24) is 18.5 Å². The number of aryl methyl sites for hydroxylation is 4. The molecule has 65 heavy (non-hydrogen) atoms. The van der Waals surface area contributed by atoms with Crippen LogP contribution in [0.25, 0.3) is 50.0 Å². The number of fused-ring (bicyclic) bond motifs is 3. The molecule has 9 aromatic rings. The van der Waals surface area contributed by atoms with Gasteiger partial charge in [-0.25, -0.2) is 0 Å². The average Bonchev–Trinajstić information content (AvgIpc) is 3.79. The molecule has 0 saturated heterocycles. The van der Waals surface area contributed by atoms with Crippen LogP contribution >= 0.6 is 0 Å². The zero-order valence-electron chi connectivity index (χ0n) is 39.5. The predicted molar refractivity (Wildman–Crippen MR) is 266 cm³/mol. The summed E-state index contributed by atoms with van der Waals surface area (Å²) >= 11 is 2.52. The van der Waals surface area contributed by atoms with Crippen LogP contribution in [0.1, 0.15) is 112 Å². The predicted octanol–water partition coefficient (Wildman–Crippen LogP) is 15.0. The van der Waals surface area contributed by atoms with E-state index in [1.54, 1.807) is 0 Å². The Morgan fingerprint density at radius 1 is 0.615 bits per heavy atom. The first-order valence-electron chi connectivity index (χ1n) is 23.3. The van der Waals surface area contributed by atoms with Crippen LogP contribution in [-0.4, -0.2) is 18.5 Å². The quantitative estimate of drug-likeness (QED) is 0.166. The number of benzene rings is 5. The van der Waals surface area contributed by atoms with Gasteiger partial charge in [0.05, 0.1) is 0 Å². The summed E-state index contributed by atoms with van der Waals surface area (Å²) in [5, 5.41) is 2.39. The molecule has 0 spiro atoms. The van der Waals surface area contributed by atoms with E-state index in [4.69, 9.17) is 9.72 Å². The second kappa shape index (κ2) is 16.3. The van der Waals surface area contributed by atoms with Crippen LogP contribution in [0.15, 0.2) is 128 Å². The number of pyridine rings is 2. The molecule has 5 aromatic carbocycles. The van der Waals surface area contributed by atoms with Crippen molar-refractivity contribution in [2.24, 2.45) is 0 Å². The van der Waals surface area contributed by atoms with Crippen molar-refractivity contribution in [3.05, 3.63) is 182 Å². The van der Waals surface area contributed by atoms with Crippen molar-refractivity contribution < 1.29 is 24.1 Å². The fraction of sp³-hybridized carbons (Fsp3) is 0.288. The van der Waals surface area contributed by atoms with Crippen molar-refractivity contribution in [3.8, 4) is 34.1 Å². The number of nitrogens with zero attached hydrogens (tertiary/aromatic N) is 4. The van der Waals surface area contributed by atoms with E-state index in [2.05, 4.69) is 230 Å². The van der Waals surface area contributed by atoms with Gasteiger partial charge in [-0.1, -0.05) is 85.7 Å². The Labute approximate surface area is 395 Å². The molecule has 0 atom stereocenters. The summed E-state index contributed by atoms with van der Waals surface area (Å²) in [6.07, 6.45) is 8.42. The Balaban J connectivity index is 1.04. The van der Waals surface area contributed by atoms with Gasteiger partial charge < -0.3 is 0 Å². The molecule has 0 saturated carbocycles. The number of imidazole rings is 1. The van der Waals surface area contributed by atoms with Gasteiger partial charge in [0, 0.05) is 11.8 Å². The number of rotatable bonds is 6. The Morgan fingerprint density at radius 2 is 1.28 bits per heavy atom. The second-order valence-electron chi connectivity index (χ2n) is 20.7. The summed E-state index contributed by atoms with van der Waals surface area (Å²) in [4.78, 5) is 5.24. The van der Waals surface area contributed by atoms with Crippen LogP contribution in [-0.2, 0) is 55.9 Å². The van der Waals surface area contributed by atoms with Crippen molar-refractivity contribution in [1.29, 1.82) is 0 Å². The maximum atomic E-state index is 6.84. The van der Waals surface area contributed by atoms with E-state index in [0.717, 1.165) is 63.5 Å². The summed E-state index contributed by atoms with van der Waals surface area (Å²) < 4.78 is 15.1. The molecule has 2 aliphatic carbocycles. The molecule has 6 heteroatoms. The van der Waals surface area contributed by atoms with Crippen LogP contribution in [0, 0.1) is 17.7 Å². The minimum absolute atomic E-state index is 0.00749. The fourth-order valence-electron chi connectivity index (χ4n) is 9.92. The first-order chi connectivity index (χ1) is 31.0. The van der Waals surface area contributed by atoms with Crippen molar-refractivity contribution in [2.75, 3.05) is 0 Å². The average molecular weight is 1040 g/mol. The van der Waals surface area contributed by atoms with Gasteiger partial charge >= 0.3 is 261 Å². The molecule has 13 rings (SSSR count). The molecule has 6 heterocycles. The molecule has 5 nitrogen and oxygen atoms in total. The van der Waals surface area contributed by atoms with Crippen LogP contribution in [0.2, 0.25) is 0 Å². The van der Waals surface area contributed by atoms with E-state index in [9.17, 15) is 0 Å². The van der Waals surface area contributed by atoms with E-state index in [0.29, 0.717) is 5.92 Å². The number of aromatic nitrogens is 4. The van der Waals surface area contributed by atoms with E-state index in [1.807, 2.05) is 0 Å². The summed E-state index contributed by atoms with van der Waals surface area (Å²) in [5.74, 6) is 2.77. The van der Waals surface area contributed by atoms with Gasteiger partial charge in [-0.15, -0.1) is 0 Å². The normalized spacial score (nSPS) is 13.4. The number of hydrogen-bond acceptors (Lipinski definition) is 2. The molecule has 0 unspecified atom stereocenters. The molecule has 332 valence electrons. The van der Waals surface area contributed by atoms with Gasteiger partial charge in [0.1, 0.15) is 0 Å². The zero-order valence-corrected chi connectivity index (χ0v) is 41.8. The molecular weight excluding hydrogens is 976 g/mol. The van der Waals surface area contributed by atoms with Gasteiger partial charge in [0.25, 0.3) is 0 Å². The fourth-order valence-corrected chi connectivity index (χ4v) is 11.0. The first kappa shape index (κ1) is 43.1. The molecule has 0 fully saturated rings. The molecule has 4 bridgehead atoms. The van der Waals surface area contributed by atoms with Gasteiger partial charge in [-0.3, -0.25) is 0 Å². The molecule has 4 aromatic heterocycles. The van der Waals surface area contributed by atoms with Crippen molar-refractivity contribution >= 4 is 27.3 Å². The Morgan fingerprint density at radius 3 is 1.98 bits per heavy atom. The molecule has 0 amide bonds. The SMILES string of the molecule is Cc1c2ccc(c1C)CCc1ccc(c3cn(-c4cccc(Oc5ccc6c7cc(C(C)(C)C)ccc7n(-c7cc(C(C)C)c(-c8ccc(C(C)(C)C)cc8)cn7)c6c5)c4)[c](=[Pt])n13)CC2. The van der Waals surface area contributed by atoms with Crippen molar-refractivity contribution in [3.63, 3.8) is 0 Å². The third-order valence-corrected chi connectivity index (χ3v) is 15.1. The molecular formula is C59H60N4OPt. The second-order valence-corrected chi connectivity index (χ2v) is 21.7. The minimum atomic E-state index is 0.00749. The summed E-state index contributed by atoms with van der Waals surface area (Å²) in [6.45, 7) is 22.8. The van der Waals surface area contributed by atoms with E-state index in [1.165, 1.54) is 77.6 Å². The van der Waals surface area contributed by atoms with Gasteiger partial charge in [-0.05, 0) is 39.0 Å². The van der Waals surface area contributed by atoms with E-state index < -0.39 is 0 Å². The zero-order chi connectivity index (χ0) is 45.5. The molecule has 4 aliphatic rings. The molecule has 0 N–H and O–H groups in total. The maximum absolute atomic E-state index is 6.84. The van der Waals surface area contributed by atoms with Crippen molar-refractivity contribution in [2.45, 2.75) is 112 Å². The van der Waals surface area contributed by atoms with E-state index >= 15 is 0 Å². The van der Waals surface area contributed by atoms with Gasteiger partial charge in [0.2, 0.25) is 0 Å². The monoisotopic (exact) mass is 1040 g/mol. The first-order valence-corrected chi connectivity index (χ1v) is 24.4. The topological polar surface area (TPSA) is 36.4 Å². The molecule has 0 radical (unpaired) electrons. The third-order valence-electron chi connectivity index (χ3n) is 14.0. The van der Waals surface area contributed by atoms with E-state index in [-0.39, 0.29) is 10.8 Å². The van der Waals surface area contributed by atoms with Gasteiger partial charge in [0.15, 0.2) is 0 Å². The third kappa shape index (κ3) is 7.84. The summed E-state index contributed by atoms with van der Waals surface area (Å²) in [7, 11) is 0. The Bertz CT molecular complexity index is 3380.